The lowest BCUT2D eigenvalue weighted by Gasteiger charge is -2.07. The second-order valence-electron chi connectivity index (χ2n) is 6.75. The molecule has 1 aromatic heterocycles. The van der Waals surface area contributed by atoms with Gasteiger partial charge in [-0.2, -0.15) is 5.10 Å². The van der Waals surface area contributed by atoms with Gasteiger partial charge in [0.2, 0.25) is 0 Å². The Hall–Kier alpha value is -4.79. The molecule has 1 heterocycles. The van der Waals surface area contributed by atoms with Crippen LogP contribution in [0, 0.1) is 10.1 Å². The van der Waals surface area contributed by atoms with Crippen LogP contribution < -0.4 is 10.9 Å². The minimum atomic E-state index is -0.607. The van der Waals surface area contributed by atoms with Gasteiger partial charge in [0.1, 0.15) is 5.69 Å². The maximum absolute atomic E-state index is 12.9. The van der Waals surface area contributed by atoms with Gasteiger partial charge in [0.05, 0.1) is 16.2 Å². The number of benzene rings is 3. The summed E-state index contributed by atoms with van der Waals surface area (Å²) >= 11 is 0. The maximum atomic E-state index is 12.9. The summed E-state index contributed by atoms with van der Waals surface area (Å²) in [6.07, 6.45) is 1.59. The first-order chi connectivity index (χ1) is 15.5. The fourth-order valence-corrected chi connectivity index (χ4v) is 3.05. The summed E-state index contributed by atoms with van der Waals surface area (Å²) in [5.41, 5.74) is 6.99. The summed E-state index contributed by atoms with van der Waals surface area (Å²) in [5, 5.41) is 15.3. The SMILES string of the molecule is O=C(NNC(=O)c1cn(-c2ccccc2)nc1-c1ccccc1)c1ccc([N+](=O)[O-])cc1. The Morgan fingerprint density at radius 1 is 0.812 bits per heavy atom. The van der Waals surface area contributed by atoms with E-state index in [1.54, 1.807) is 10.9 Å². The molecule has 9 nitrogen and oxygen atoms in total. The Bertz CT molecular complexity index is 1270. The molecule has 2 amide bonds. The van der Waals surface area contributed by atoms with Crippen molar-refractivity contribution in [2.45, 2.75) is 0 Å². The lowest BCUT2D eigenvalue weighted by Crippen LogP contribution is -2.41. The molecule has 0 aliphatic carbocycles. The smallest absolute Gasteiger partial charge is 0.267 e. The molecule has 2 N–H and O–H groups in total. The molecule has 158 valence electrons. The normalized spacial score (nSPS) is 10.4. The van der Waals surface area contributed by atoms with E-state index in [0.717, 1.165) is 11.3 Å². The van der Waals surface area contributed by atoms with Crippen molar-refractivity contribution in [3.8, 4) is 16.9 Å². The molecule has 0 bridgehead atoms. The van der Waals surface area contributed by atoms with E-state index in [1.165, 1.54) is 24.3 Å². The molecule has 0 fully saturated rings. The number of aromatic nitrogens is 2. The number of para-hydroxylation sites is 1. The van der Waals surface area contributed by atoms with Crippen molar-refractivity contribution in [1.29, 1.82) is 0 Å². The standard InChI is InChI=1S/C23H17N5O4/c29-22(17-11-13-19(14-12-17)28(31)32)24-25-23(30)20-15-27(18-9-5-2-6-10-18)26-21(20)16-7-3-1-4-8-16/h1-15H,(H,24,29)(H,25,30). The van der Waals surface area contributed by atoms with E-state index in [-0.39, 0.29) is 16.8 Å². The number of hydrogen-bond acceptors (Lipinski definition) is 5. The summed E-state index contributed by atoms with van der Waals surface area (Å²) in [6, 6.07) is 23.6. The number of hydrazine groups is 1. The fourth-order valence-electron chi connectivity index (χ4n) is 3.05. The Morgan fingerprint density at radius 3 is 2.03 bits per heavy atom. The predicted octanol–water partition coefficient (Wildman–Crippen LogP) is 3.52. The summed E-state index contributed by atoms with van der Waals surface area (Å²) in [7, 11) is 0. The highest BCUT2D eigenvalue weighted by Gasteiger charge is 2.19. The molecule has 0 atom stereocenters. The predicted molar refractivity (Wildman–Crippen MR) is 117 cm³/mol. The number of rotatable bonds is 5. The van der Waals surface area contributed by atoms with E-state index >= 15 is 0 Å². The van der Waals surface area contributed by atoms with Crippen molar-refractivity contribution in [2.75, 3.05) is 0 Å². The van der Waals surface area contributed by atoms with E-state index in [0.29, 0.717) is 5.69 Å². The van der Waals surface area contributed by atoms with Gasteiger partial charge in [-0.3, -0.25) is 30.6 Å². The summed E-state index contributed by atoms with van der Waals surface area (Å²) in [6.45, 7) is 0. The van der Waals surface area contributed by atoms with Crippen molar-refractivity contribution in [1.82, 2.24) is 20.6 Å². The van der Waals surface area contributed by atoms with E-state index in [9.17, 15) is 19.7 Å². The second kappa shape index (κ2) is 8.92. The lowest BCUT2D eigenvalue weighted by atomic mass is 10.1. The van der Waals surface area contributed by atoms with Crippen molar-refractivity contribution in [3.05, 3.63) is 112 Å². The van der Waals surface area contributed by atoms with E-state index in [2.05, 4.69) is 16.0 Å². The number of non-ortho nitro benzene ring substituents is 1. The zero-order valence-electron chi connectivity index (χ0n) is 16.6. The zero-order chi connectivity index (χ0) is 22.5. The molecule has 0 saturated carbocycles. The topological polar surface area (TPSA) is 119 Å². The van der Waals surface area contributed by atoms with Crippen LogP contribution in [0.5, 0.6) is 0 Å². The Morgan fingerprint density at radius 2 is 1.41 bits per heavy atom. The highest BCUT2D eigenvalue weighted by atomic mass is 16.6. The van der Waals surface area contributed by atoms with Crippen LogP contribution in [0.15, 0.2) is 91.1 Å². The fraction of sp³-hybridized carbons (Fsp3) is 0. The minimum Gasteiger partial charge on any atom is -0.267 e. The van der Waals surface area contributed by atoms with Gasteiger partial charge in [0.25, 0.3) is 17.5 Å². The van der Waals surface area contributed by atoms with Crippen LogP contribution in [0.4, 0.5) is 5.69 Å². The van der Waals surface area contributed by atoms with Crippen LogP contribution in [-0.2, 0) is 0 Å². The van der Waals surface area contributed by atoms with Crippen molar-refractivity contribution in [3.63, 3.8) is 0 Å². The van der Waals surface area contributed by atoms with Gasteiger partial charge in [0.15, 0.2) is 0 Å². The van der Waals surface area contributed by atoms with Crippen molar-refractivity contribution >= 4 is 17.5 Å². The first-order valence-electron chi connectivity index (χ1n) is 9.58. The van der Waals surface area contributed by atoms with Gasteiger partial charge in [0, 0.05) is 29.5 Å². The third-order valence-corrected chi connectivity index (χ3v) is 4.66. The van der Waals surface area contributed by atoms with Gasteiger partial charge < -0.3 is 0 Å². The Labute approximate surface area is 182 Å². The molecule has 4 aromatic rings. The highest BCUT2D eigenvalue weighted by molar-refractivity contribution is 6.02. The minimum absolute atomic E-state index is 0.133. The monoisotopic (exact) mass is 427 g/mol. The van der Waals surface area contributed by atoms with E-state index in [4.69, 9.17) is 0 Å². The lowest BCUT2D eigenvalue weighted by molar-refractivity contribution is -0.384. The molecule has 0 spiro atoms. The molecule has 4 rings (SSSR count). The maximum Gasteiger partial charge on any atom is 0.273 e. The number of amides is 2. The number of nitrogens with one attached hydrogen (secondary N) is 2. The molecule has 0 aliphatic rings. The number of nitro groups is 1. The number of nitrogens with zero attached hydrogens (tertiary/aromatic N) is 3. The highest BCUT2D eigenvalue weighted by Crippen LogP contribution is 2.23. The van der Waals surface area contributed by atoms with Crippen LogP contribution >= 0.6 is 0 Å². The van der Waals surface area contributed by atoms with Crippen LogP contribution in [0.1, 0.15) is 20.7 Å². The largest absolute Gasteiger partial charge is 0.273 e. The third kappa shape index (κ3) is 4.36. The van der Waals surface area contributed by atoms with Gasteiger partial charge >= 0.3 is 0 Å². The average Bonchev–Trinajstić information content (AvgIpc) is 3.29. The van der Waals surface area contributed by atoms with Gasteiger partial charge in [-0.1, -0.05) is 48.5 Å². The first kappa shape index (κ1) is 20.5. The third-order valence-electron chi connectivity index (χ3n) is 4.66. The van der Waals surface area contributed by atoms with Gasteiger partial charge in [-0.05, 0) is 24.3 Å². The van der Waals surface area contributed by atoms with Gasteiger partial charge in [-0.25, -0.2) is 4.68 Å². The summed E-state index contributed by atoms with van der Waals surface area (Å²) in [5.74, 6) is -1.16. The molecule has 0 unspecified atom stereocenters. The molecular weight excluding hydrogens is 410 g/mol. The molecule has 32 heavy (non-hydrogen) atoms. The molecule has 0 aliphatic heterocycles. The molecule has 9 heteroatoms. The van der Waals surface area contributed by atoms with Crippen LogP contribution in [-0.4, -0.2) is 26.5 Å². The zero-order valence-corrected chi connectivity index (χ0v) is 16.6. The van der Waals surface area contributed by atoms with Crippen LogP contribution in [0.25, 0.3) is 16.9 Å². The first-order valence-corrected chi connectivity index (χ1v) is 9.58. The van der Waals surface area contributed by atoms with Crippen molar-refractivity contribution < 1.29 is 14.5 Å². The molecule has 0 saturated heterocycles. The number of hydrogen-bond donors (Lipinski definition) is 2. The quantitative estimate of drug-likeness (QED) is 0.373. The van der Waals surface area contributed by atoms with E-state index in [1.807, 2.05) is 60.7 Å². The molecular formula is C23H17N5O4. The Balaban J connectivity index is 1.56. The summed E-state index contributed by atoms with van der Waals surface area (Å²) in [4.78, 5) is 35.4. The average molecular weight is 427 g/mol. The summed E-state index contributed by atoms with van der Waals surface area (Å²) < 4.78 is 1.59. The molecule has 3 aromatic carbocycles. The number of carbonyl (C=O) groups is 2. The van der Waals surface area contributed by atoms with Gasteiger partial charge in [-0.15, -0.1) is 0 Å². The number of nitro benzene ring substituents is 1. The van der Waals surface area contributed by atoms with Crippen molar-refractivity contribution in [2.24, 2.45) is 0 Å². The number of carbonyl (C=O) groups excluding carboxylic acids is 2. The van der Waals surface area contributed by atoms with Crippen LogP contribution in [0.2, 0.25) is 0 Å². The second-order valence-corrected chi connectivity index (χ2v) is 6.75. The van der Waals surface area contributed by atoms with E-state index < -0.39 is 16.7 Å². The molecule has 0 radical (unpaired) electrons. The Kier molecular flexibility index (Phi) is 5.71. The van der Waals surface area contributed by atoms with Crippen LogP contribution in [0.3, 0.4) is 0 Å².